The van der Waals surface area contributed by atoms with Crippen LogP contribution in [-0.2, 0) is 16.6 Å². The first kappa shape index (κ1) is 12.5. The zero-order chi connectivity index (χ0) is 11.8. The Morgan fingerprint density at radius 2 is 2.06 bits per heavy atom. The van der Waals surface area contributed by atoms with Crippen LogP contribution in [0.15, 0.2) is 14.7 Å². The van der Waals surface area contributed by atoms with Gasteiger partial charge in [-0.1, -0.05) is 0 Å². The van der Waals surface area contributed by atoms with E-state index in [0.717, 1.165) is 12.8 Å². The maximum absolute atomic E-state index is 12.2. The van der Waals surface area contributed by atoms with Crippen molar-refractivity contribution < 1.29 is 13.5 Å². The fourth-order valence-corrected chi connectivity index (χ4v) is 5.73. The Kier molecular flexibility index (Phi) is 3.70. The SMILES string of the molecule is O=S(=O)(c1cc(CO)sc1Br)N1CCCC1. The van der Waals surface area contributed by atoms with Crippen LogP contribution in [0.1, 0.15) is 17.7 Å². The molecule has 2 rings (SSSR count). The molecular formula is C9H12BrNO3S2. The number of thiophene rings is 1. The third-order valence-electron chi connectivity index (χ3n) is 2.55. The van der Waals surface area contributed by atoms with E-state index < -0.39 is 10.0 Å². The number of aliphatic hydroxyl groups excluding tert-OH is 1. The molecule has 1 saturated heterocycles. The standard InChI is InChI=1S/C9H12BrNO3S2/c10-9-8(5-7(6-12)15-9)16(13,14)11-3-1-2-4-11/h5,12H,1-4,6H2. The largest absolute Gasteiger partial charge is 0.391 e. The lowest BCUT2D eigenvalue weighted by Crippen LogP contribution is -2.27. The van der Waals surface area contributed by atoms with Gasteiger partial charge in [0.25, 0.3) is 0 Å². The number of nitrogens with zero attached hydrogens (tertiary/aromatic N) is 1. The van der Waals surface area contributed by atoms with Crippen LogP contribution in [0.5, 0.6) is 0 Å². The number of aliphatic hydroxyl groups is 1. The van der Waals surface area contributed by atoms with E-state index in [0.29, 0.717) is 21.8 Å². The highest BCUT2D eigenvalue weighted by Gasteiger charge is 2.30. The molecule has 0 unspecified atom stereocenters. The summed E-state index contributed by atoms with van der Waals surface area (Å²) in [4.78, 5) is 0.938. The van der Waals surface area contributed by atoms with Gasteiger partial charge in [-0.05, 0) is 34.8 Å². The number of halogens is 1. The van der Waals surface area contributed by atoms with Gasteiger partial charge in [0, 0.05) is 18.0 Å². The van der Waals surface area contributed by atoms with Gasteiger partial charge in [-0.2, -0.15) is 4.31 Å². The van der Waals surface area contributed by atoms with Gasteiger partial charge in [0.05, 0.1) is 10.4 Å². The predicted octanol–water partition coefficient (Wildman–Crippen LogP) is 1.79. The second kappa shape index (κ2) is 4.73. The van der Waals surface area contributed by atoms with Crippen molar-refractivity contribution in [2.24, 2.45) is 0 Å². The molecule has 4 nitrogen and oxygen atoms in total. The van der Waals surface area contributed by atoms with Gasteiger partial charge in [-0.15, -0.1) is 11.3 Å². The lowest BCUT2D eigenvalue weighted by Gasteiger charge is -2.14. The molecule has 16 heavy (non-hydrogen) atoms. The molecule has 1 aliphatic rings. The summed E-state index contributed by atoms with van der Waals surface area (Å²) < 4.78 is 26.5. The summed E-state index contributed by atoms with van der Waals surface area (Å²) in [5, 5.41) is 8.99. The van der Waals surface area contributed by atoms with Crippen molar-refractivity contribution in [2.75, 3.05) is 13.1 Å². The van der Waals surface area contributed by atoms with E-state index in [9.17, 15) is 8.42 Å². The zero-order valence-electron chi connectivity index (χ0n) is 8.52. The lowest BCUT2D eigenvalue weighted by atomic mass is 10.4. The van der Waals surface area contributed by atoms with Crippen molar-refractivity contribution in [3.8, 4) is 0 Å². The Labute approximate surface area is 107 Å². The molecule has 0 bridgehead atoms. The summed E-state index contributed by atoms with van der Waals surface area (Å²) in [7, 11) is -3.37. The minimum Gasteiger partial charge on any atom is -0.391 e. The number of hydrogen-bond donors (Lipinski definition) is 1. The van der Waals surface area contributed by atoms with E-state index in [1.54, 1.807) is 6.07 Å². The Morgan fingerprint density at radius 3 is 2.56 bits per heavy atom. The Hall–Kier alpha value is 0.0500. The maximum Gasteiger partial charge on any atom is 0.245 e. The molecule has 0 spiro atoms. The van der Waals surface area contributed by atoms with E-state index in [1.807, 2.05) is 0 Å². The first-order valence-electron chi connectivity index (χ1n) is 4.95. The van der Waals surface area contributed by atoms with E-state index in [4.69, 9.17) is 5.11 Å². The fourth-order valence-electron chi connectivity index (χ4n) is 1.72. The quantitative estimate of drug-likeness (QED) is 0.921. The van der Waals surface area contributed by atoms with Crippen molar-refractivity contribution in [1.29, 1.82) is 0 Å². The molecule has 7 heteroatoms. The van der Waals surface area contributed by atoms with E-state index in [-0.39, 0.29) is 11.5 Å². The highest BCUT2D eigenvalue weighted by molar-refractivity contribution is 9.11. The van der Waals surface area contributed by atoms with E-state index in [1.165, 1.54) is 15.6 Å². The number of rotatable bonds is 3. The van der Waals surface area contributed by atoms with Crippen LogP contribution >= 0.6 is 27.3 Å². The van der Waals surface area contributed by atoms with Crippen LogP contribution in [0.4, 0.5) is 0 Å². The Bertz CT molecular complexity index is 477. The molecule has 1 aliphatic heterocycles. The molecule has 2 heterocycles. The van der Waals surface area contributed by atoms with Crippen molar-refractivity contribution in [1.82, 2.24) is 4.31 Å². The van der Waals surface area contributed by atoms with Crippen molar-refractivity contribution in [3.05, 3.63) is 14.7 Å². The van der Waals surface area contributed by atoms with E-state index >= 15 is 0 Å². The Morgan fingerprint density at radius 1 is 1.44 bits per heavy atom. The normalized spacial score (nSPS) is 18.1. The van der Waals surface area contributed by atoms with Gasteiger partial charge < -0.3 is 5.11 Å². The van der Waals surface area contributed by atoms with Gasteiger partial charge in [0.2, 0.25) is 10.0 Å². The number of hydrogen-bond acceptors (Lipinski definition) is 4. The first-order valence-corrected chi connectivity index (χ1v) is 8.00. The molecular weight excluding hydrogens is 314 g/mol. The van der Waals surface area contributed by atoms with Gasteiger partial charge in [-0.25, -0.2) is 8.42 Å². The van der Waals surface area contributed by atoms with Crippen LogP contribution in [-0.4, -0.2) is 30.9 Å². The molecule has 90 valence electrons. The second-order valence-corrected chi connectivity index (χ2v) is 7.98. The van der Waals surface area contributed by atoms with Gasteiger partial charge in [-0.3, -0.25) is 0 Å². The molecule has 1 aromatic rings. The van der Waals surface area contributed by atoms with Crippen LogP contribution in [0.3, 0.4) is 0 Å². The molecule has 0 aliphatic carbocycles. The van der Waals surface area contributed by atoms with Gasteiger partial charge in [0.1, 0.15) is 4.90 Å². The monoisotopic (exact) mass is 325 g/mol. The average molecular weight is 326 g/mol. The topological polar surface area (TPSA) is 57.6 Å². The summed E-state index contributed by atoms with van der Waals surface area (Å²) in [6.45, 7) is 1.07. The highest BCUT2D eigenvalue weighted by Crippen LogP contribution is 2.34. The minimum absolute atomic E-state index is 0.126. The van der Waals surface area contributed by atoms with Crippen molar-refractivity contribution >= 4 is 37.3 Å². The molecule has 1 fully saturated rings. The van der Waals surface area contributed by atoms with Crippen molar-refractivity contribution in [2.45, 2.75) is 24.3 Å². The first-order chi connectivity index (χ1) is 7.55. The summed E-state index contributed by atoms with van der Waals surface area (Å²) in [5.74, 6) is 0. The average Bonchev–Trinajstić information content (AvgIpc) is 2.85. The molecule has 0 amide bonds. The second-order valence-electron chi connectivity index (χ2n) is 3.62. The van der Waals surface area contributed by atoms with Crippen LogP contribution in [0.2, 0.25) is 0 Å². The predicted molar refractivity (Wildman–Crippen MR) is 65.9 cm³/mol. The summed E-state index contributed by atoms with van der Waals surface area (Å²) >= 11 is 4.50. The molecule has 0 radical (unpaired) electrons. The fraction of sp³-hybridized carbons (Fsp3) is 0.556. The molecule has 1 aromatic heterocycles. The highest BCUT2D eigenvalue weighted by atomic mass is 79.9. The van der Waals surface area contributed by atoms with Gasteiger partial charge >= 0.3 is 0 Å². The van der Waals surface area contributed by atoms with Crippen LogP contribution < -0.4 is 0 Å². The smallest absolute Gasteiger partial charge is 0.245 e. The molecule has 0 saturated carbocycles. The summed E-state index contributed by atoms with van der Waals surface area (Å²) in [6, 6.07) is 1.54. The van der Waals surface area contributed by atoms with Gasteiger partial charge in [0.15, 0.2) is 0 Å². The zero-order valence-corrected chi connectivity index (χ0v) is 11.7. The third kappa shape index (κ3) is 2.19. The van der Waals surface area contributed by atoms with Crippen LogP contribution in [0.25, 0.3) is 0 Å². The lowest BCUT2D eigenvalue weighted by molar-refractivity contribution is 0.285. The van der Waals surface area contributed by atoms with Crippen LogP contribution in [0, 0.1) is 0 Å². The summed E-state index contributed by atoms with van der Waals surface area (Å²) in [5.41, 5.74) is 0. The van der Waals surface area contributed by atoms with Crippen molar-refractivity contribution in [3.63, 3.8) is 0 Å². The maximum atomic E-state index is 12.2. The summed E-state index contributed by atoms with van der Waals surface area (Å²) in [6.07, 6.45) is 1.85. The third-order valence-corrected chi connectivity index (χ3v) is 6.68. The molecule has 0 aromatic carbocycles. The number of sulfonamides is 1. The molecule has 1 N–H and O–H groups in total. The van der Waals surface area contributed by atoms with E-state index in [2.05, 4.69) is 15.9 Å². The molecule has 0 atom stereocenters. The Balaban J connectivity index is 2.38. The minimum atomic E-state index is -3.37.